The summed E-state index contributed by atoms with van der Waals surface area (Å²) in [6, 6.07) is 7.44. The predicted octanol–water partition coefficient (Wildman–Crippen LogP) is 1.50. The quantitative estimate of drug-likeness (QED) is 0.667. The molecule has 0 bridgehead atoms. The summed E-state index contributed by atoms with van der Waals surface area (Å²) in [5.41, 5.74) is 0. The van der Waals surface area contributed by atoms with Crippen molar-refractivity contribution >= 4 is 5.97 Å². The van der Waals surface area contributed by atoms with Crippen LogP contribution < -0.4 is 9.47 Å². The van der Waals surface area contributed by atoms with Gasteiger partial charge in [-0.05, 0) is 19.1 Å². The van der Waals surface area contributed by atoms with Crippen molar-refractivity contribution in [2.24, 2.45) is 0 Å². The van der Waals surface area contributed by atoms with Crippen molar-refractivity contribution < 1.29 is 24.1 Å². The Morgan fingerprint density at radius 2 is 1.76 bits per heavy atom. The average Bonchev–Trinajstić information content (AvgIpc) is 2.46. The van der Waals surface area contributed by atoms with Gasteiger partial charge in [-0.2, -0.15) is 0 Å². The topological polar surface area (TPSA) is 68.2 Å². The largest absolute Gasteiger partial charge is 0.490 e. The van der Waals surface area contributed by atoms with Gasteiger partial charge in [0.15, 0.2) is 11.5 Å². The Kier molecular flexibility index (Phi) is 8.23. The molecule has 0 amide bonds. The first-order valence-electron chi connectivity index (χ1n) is 6.95. The summed E-state index contributed by atoms with van der Waals surface area (Å²) in [5, 5.41) is 8.87. The van der Waals surface area contributed by atoms with Crippen LogP contribution in [0.2, 0.25) is 0 Å². The maximum atomic E-state index is 10.8. The number of carboxylic acid groups (broad SMARTS) is 1. The average molecular weight is 297 g/mol. The maximum absolute atomic E-state index is 10.8. The van der Waals surface area contributed by atoms with Gasteiger partial charge in [-0.3, -0.25) is 9.69 Å². The van der Waals surface area contributed by atoms with Gasteiger partial charge in [0.05, 0.1) is 19.8 Å². The van der Waals surface area contributed by atoms with Crippen LogP contribution in [0.25, 0.3) is 0 Å². The lowest BCUT2D eigenvalue weighted by atomic mass is 10.3. The van der Waals surface area contributed by atoms with Crippen LogP contribution in [0.3, 0.4) is 0 Å². The molecule has 1 aromatic rings. The van der Waals surface area contributed by atoms with Crippen molar-refractivity contribution in [3.63, 3.8) is 0 Å². The number of ether oxygens (including phenoxy) is 3. The number of carboxylic acids is 1. The molecule has 0 fully saturated rings. The number of nitrogens with zero attached hydrogens (tertiary/aromatic N) is 1. The van der Waals surface area contributed by atoms with Crippen molar-refractivity contribution in [3.05, 3.63) is 24.3 Å². The molecule has 0 spiro atoms. The molecule has 0 atom stereocenters. The van der Waals surface area contributed by atoms with Gasteiger partial charge >= 0.3 is 5.97 Å². The summed E-state index contributed by atoms with van der Waals surface area (Å²) in [4.78, 5) is 12.6. The second-order valence-electron chi connectivity index (χ2n) is 4.39. The van der Waals surface area contributed by atoms with Crippen molar-refractivity contribution in [2.45, 2.75) is 6.92 Å². The zero-order chi connectivity index (χ0) is 15.5. The van der Waals surface area contributed by atoms with E-state index in [-0.39, 0.29) is 6.54 Å². The Balaban J connectivity index is 2.47. The van der Waals surface area contributed by atoms with E-state index in [1.807, 2.05) is 31.2 Å². The zero-order valence-corrected chi connectivity index (χ0v) is 12.6. The molecule has 1 aromatic carbocycles. The molecule has 0 heterocycles. The SMILES string of the molecule is CCOc1ccccc1OCCN(CCOC)CC(=O)O. The maximum Gasteiger partial charge on any atom is 0.317 e. The highest BCUT2D eigenvalue weighted by atomic mass is 16.5. The van der Waals surface area contributed by atoms with Crippen molar-refractivity contribution in [3.8, 4) is 11.5 Å². The number of aliphatic carboxylic acids is 1. The molecule has 0 unspecified atom stereocenters. The smallest absolute Gasteiger partial charge is 0.317 e. The van der Waals surface area contributed by atoms with E-state index in [0.29, 0.717) is 44.4 Å². The number of carbonyl (C=O) groups is 1. The van der Waals surface area contributed by atoms with Crippen LogP contribution in [0.15, 0.2) is 24.3 Å². The first-order valence-corrected chi connectivity index (χ1v) is 6.95. The van der Waals surface area contributed by atoms with Crippen molar-refractivity contribution in [1.29, 1.82) is 0 Å². The number of methoxy groups -OCH3 is 1. The molecule has 21 heavy (non-hydrogen) atoms. The van der Waals surface area contributed by atoms with Gasteiger partial charge in [0.2, 0.25) is 0 Å². The molecule has 0 radical (unpaired) electrons. The van der Waals surface area contributed by atoms with Crippen LogP contribution in [0.1, 0.15) is 6.92 Å². The number of para-hydroxylation sites is 2. The minimum absolute atomic E-state index is 0.0279. The Labute approximate surface area is 125 Å². The third kappa shape index (κ3) is 6.97. The fourth-order valence-electron chi connectivity index (χ4n) is 1.81. The Hall–Kier alpha value is -1.79. The summed E-state index contributed by atoms with van der Waals surface area (Å²) >= 11 is 0. The van der Waals surface area contributed by atoms with Crippen LogP contribution in [0.5, 0.6) is 11.5 Å². The number of hydrogen-bond acceptors (Lipinski definition) is 5. The summed E-state index contributed by atoms with van der Waals surface area (Å²) in [6.07, 6.45) is 0. The van der Waals surface area contributed by atoms with Crippen LogP contribution in [-0.4, -0.2) is 62.5 Å². The van der Waals surface area contributed by atoms with Gasteiger partial charge in [-0.15, -0.1) is 0 Å². The minimum Gasteiger partial charge on any atom is -0.490 e. The van der Waals surface area contributed by atoms with Crippen LogP contribution >= 0.6 is 0 Å². The lowest BCUT2D eigenvalue weighted by Crippen LogP contribution is -2.35. The molecule has 0 saturated heterocycles. The van der Waals surface area contributed by atoms with Crippen LogP contribution in [0, 0.1) is 0 Å². The fourth-order valence-corrected chi connectivity index (χ4v) is 1.81. The molecular formula is C15H23NO5. The van der Waals surface area contributed by atoms with Gasteiger partial charge in [-0.25, -0.2) is 0 Å². The second-order valence-corrected chi connectivity index (χ2v) is 4.39. The van der Waals surface area contributed by atoms with Crippen molar-refractivity contribution in [2.75, 3.05) is 46.6 Å². The third-order valence-electron chi connectivity index (χ3n) is 2.78. The van der Waals surface area contributed by atoms with Crippen molar-refractivity contribution in [1.82, 2.24) is 4.90 Å². The van der Waals surface area contributed by atoms with Crippen LogP contribution in [-0.2, 0) is 9.53 Å². The van der Waals surface area contributed by atoms with E-state index in [1.54, 1.807) is 12.0 Å². The molecule has 1 rings (SSSR count). The lowest BCUT2D eigenvalue weighted by Gasteiger charge is -2.20. The molecule has 118 valence electrons. The van der Waals surface area contributed by atoms with Gasteiger partial charge < -0.3 is 19.3 Å². The molecule has 0 aliphatic heterocycles. The Morgan fingerprint density at radius 3 is 2.33 bits per heavy atom. The number of hydrogen-bond donors (Lipinski definition) is 1. The van der Waals surface area contributed by atoms with E-state index < -0.39 is 5.97 Å². The highest BCUT2D eigenvalue weighted by Gasteiger charge is 2.10. The third-order valence-corrected chi connectivity index (χ3v) is 2.78. The van der Waals surface area contributed by atoms with E-state index >= 15 is 0 Å². The van der Waals surface area contributed by atoms with E-state index in [4.69, 9.17) is 19.3 Å². The van der Waals surface area contributed by atoms with Gasteiger partial charge in [0, 0.05) is 20.2 Å². The van der Waals surface area contributed by atoms with Gasteiger partial charge in [0.1, 0.15) is 6.61 Å². The van der Waals surface area contributed by atoms with Crippen LogP contribution in [0.4, 0.5) is 0 Å². The molecular weight excluding hydrogens is 274 g/mol. The summed E-state index contributed by atoms with van der Waals surface area (Å²) in [6.45, 7) is 4.40. The zero-order valence-electron chi connectivity index (χ0n) is 12.6. The highest BCUT2D eigenvalue weighted by molar-refractivity contribution is 5.69. The molecule has 0 aliphatic rings. The molecule has 0 aromatic heterocycles. The minimum atomic E-state index is -0.860. The van der Waals surface area contributed by atoms with E-state index in [9.17, 15) is 4.79 Å². The first-order chi connectivity index (χ1) is 10.2. The standard InChI is InChI=1S/C15H23NO5/c1-3-20-13-6-4-5-7-14(13)21-11-9-16(8-10-19-2)12-15(17)18/h4-7H,3,8-12H2,1-2H3,(H,17,18). The predicted molar refractivity (Wildman–Crippen MR) is 79.1 cm³/mol. The van der Waals surface area contributed by atoms with E-state index in [1.165, 1.54) is 0 Å². The first kappa shape index (κ1) is 17.3. The highest BCUT2D eigenvalue weighted by Crippen LogP contribution is 2.26. The molecule has 0 aliphatic carbocycles. The summed E-state index contributed by atoms with van der Waals surface area (Å²) in [5.74, 6) is 0.504. The summed E-state index contributed by atoms with van der Waals surface area (Å²) < 4.78 is 16.1. The molecule has 6 nitrogen and oxygen atoms in total. The van der Waals surface area contributed by atoms with E-state index in [0.717, 1.165) is 0 Å². The fraction of sp³-hybridized carbons (Fsp3) is 0.533. The number of benzene rings is 1. The lowest BCUT2D eigenvalue weighted by molar-refractivity contribution is -0.138. The monoisotopic (exact) mass is 297 g/mol. The Bertz CT molecular complexity index is 424. The Morgan fingerprint density at radius 1 is 1.14 bits per heavy atom. The molecule has 6 heteroatoms. The van der Waals surface area contributed by atoms with E-state index in [2.05, 4.69) is 0 Å². The number of rotatable bonds is 11. The van der Waals surface area contributed by atoms with Gasteiger partial charge in [0.25, 0.3) is 0 Å². The summed E-state index contributed by atoms with van der Waals surface area (Å²) in [7, 11) is 1.59. The van der Waals surface area contributed by atoms with Gasteiger partial charge in [-0.1, -0.05) is 12.1 Å². The normalized spacial score (nSPS) is 10.6. The second kappa shape index (κ2) is 10.0. The molecule has 0 saturated carbocycles. The molecule has 1 N–H and O–H groups in total.